The van der Waals surface area contributed by atoms with Gasteiger partial charge in [-0.1, -0.05) is 43.3 Å². The summed E-state index contributed by atoms with van der Waals surface area (Å²) in [7, 11) is 0. The molecule has 2 nitrogen and oxygen atoms in total. The highest BCUT2D eigenvalue weighted by Crippen LogP contribution is 2.15. The SMILES string of the molecule is CCc1ccc(CN(Cc2ccc(N)cc2)C(C)C)cc1. The molecule has 0 aromatic heterocycles. The van der Waals surface area contributed by atoms with Crippen LogP contribution in [0.5, 0.6) is 0 Å². The van der Waals surface area contributed by atoms with Crippen molar-refractivity contribution in [3.8, 4) is 0 Å². The van der Waals surface area contributed by atoms with Crippen molar-refractivity contribution in [3.63, 3.8) is 0 Å². The molecule has 0 saturated carbocycles. The fourth-order valence-electron chi connectivity index (χ4n) is 2.39. The Morgan fingerprint density at radius 3 is 1.67 bits per heavy atom. The van der Waals surface area contributed by atoms with Crippen molar-refractivity contribution in [3.05, 3.63) is 65.2 Å². The lowest BCUT2D eigenvalue weighted by molar-refractivity contribution is 0.203. The largest absolute Gasteiger partial charge is 0.399 e. The number of nitrogens with zero attached hydrogens (tertiary/aromatic N) is 1. The van der Waals surface area contributed by atoms with Crippen LogP contribution in [0.4, 0.5) is 5.69 Å². The number of hydrogen-bond acceptors (Lipinski definition) is 2. The minimum atomic E-state index is 0.508. The van der Waals surface area contributed by atoms with Crippen LogP contribution in [0.3, 0.4) is 0 Å². The Balaban J connectivity index is 2.06. The molecule has 2 heteroatoms. The Bertz CT molecular complexity index is 541. The van der Waals surface area contributed by atoms with Gasteiger partial charge in [0.2, 0.25) is 0 Å². The maximum atomic E-state index is 5.75. The number of anilines is 1. The summed E-state index contributed by atoms with van der Waals surface area (Å²) in [5, 5.41) is 0. The van der Waals surface area contributed by atoms with E-state index in [-0.39, 0.29) is 0 Å². The van der Waals surface area contributed by atoms with Crippen LogP contribution in [-0.2, 0) is 19.5 Å². The average molecular weight is 282 g/mol. The number of aryl methyl sites for hydroxylation is 1. The molecule has 0 heterocycles. The van der Waals surface area contributed by atoms with Crippen molar-refractivity contribution in [1.82, 2.24) is 4.90 Å². The van der Waals surface area contributed by atoms with Gasteiger partial charge in [0.05, 0.1) is 0 Å². The Kier molecular flexibility index (Phi) is 5.40. The first-order valence-electron chi connectivity index (χ1n) is 7.74. The highest BCUT2D eigenvalue weighted by Gasteiger charge is 2.11. The van der Waals surface area contributed by atoms with Gasteiger partial charge in [-0.15, -0.1) is 0 Å². The van der Waals surface area contributed by atoms with E-state index >= 15 is 0 Å². The lowest BCUT2D eigenvalue weighted by Crippen LogP contribution is -2.29. The fourth-order valence-corrected chi connectivity index (χ4v) is 2.39. The van der Waals surface area contributed by atoms with Crippen molar-refractivity contribution >= 4 is 5.69 Å². The Morgan fingerprint density at radius 1 is 0.810 bits per heavy atom. The molecule has 112 valence electrons. The van der Waals surface area contributed by atoms with Crippen molar-refractivity contribution in [2.24, 2.45) is 0 Å². The van der Waals surface area contributed by atoms with E-state index in [9.17, 15) is 0 Å². The minimum Gasteiger partial charge on any atom is -0.399 e. The molecule has 0 unspecified atom stereocenters. The van der Waals surface area contributed by atoms with E-state index < -0.39 is 0 Å². The van der Waals surface area contributed by atoms with Gasteiger partial charge in [0.15, 0.2) is 0 Å². The fraction of sp³-hybridized carbons (Fsp3) is 0.368. The standard InChI is InChI=1S/C19H26N2/c1-4-16-5-7-17(8-6-16)13-21(15(2)3)14-18-9-11-19(20)12-10-18/h5-12,15H,4,13-14,20H2,1-3H3. The number of benzene rings is 2. The van der Waals surface area contributed by atoms with Crippen LogP contribution in [0, 0.1) is 0 Å². The van der Waals surface area contributed by atoms with Gasteiger partial charge < -0.3 is 5.73 Å². The van der Waals surface area contributed by atoms with Gasteiger partial charge in [-0.3, -0.25) is 4.90 Å². The summed E-state index contributed by atoms with van der Waals surface area (Å²) in [6.07, 6.45) is 1.10. The first-order valence-corrected chi connectivity index (χ1v) is 7.74. The van der Waals surface area contributed by atoms with E-state index in [0.717, 1.165) is 25.2 Å². The van der Waals surface area contributed by atoms with Gasteiger partial charge in [0, 0.05) is 24.8 Å². The molecule has 0 aliphatic carbocycles. The summed E-state index contributed by atoms with van der Waals surface area (Å²) in [6.45, 7) is 8.62. The van der Waals surface area contributed by atoms with Crippen molar-refractivity contribution < 1.29 is 0 Å². The van der Waals surface area contributed by atoms with Crippen LogP contribution in [0.1, 0.15) is 37.5 Å². The van der Waals surface area contributed by atoms with E-state index in [1.54, 1.807) is 0 Å². The number of nitrogens with two attached hydrogens (primary N) is 1. The second-order valence-corrected chi connectivity index (χ2v) is 5.91. The second-order valence-electron chi connectivity index (χ2n) is 5.91. The zero-order chi connectivity index (χ0) is 15.2. The van der Waals surface area contributed by atoms with Crippen LogP contribution in [-0.4, -0.2) is 10.9 Å². The van der Waals surface area contributed by atoms with Crippen molar-refractivity contribution in [1.29, 1.82) is 0 Å². The van der Waals surface area contributed by atoms with E-state index in [4.69, 9.17) is 5.73 Å². The van der Waals surface area contributed by atoms with E-state index in [1.807, 2.05) is 12.1 Å². The molecule has 0 radical (unpaired) electrons. The predicted octanol–water partition coefficient (Wildman–Crippen LogP) is 4.24. The Morgan fingerprint density at radius 2 is 1.24 bits per heavy atom. The molecule has 0 aliphatic heterocycles. The molecule has 21 heavy (non-hydrogen) atoms. The monoisotopic (exact) mass is 282 g/mol. The van der Waals surface area contributed by atoms with Crippen molar-refractivity contribution in [2.75, 3.05) is 5.73 Å². The summed E-state index contributed by atoms with van der Waals surface area (Å²) < 4.78 is 0. The van der Waals surface area contributed by atoms with Gasteiger partial charge in [-0.05, 0) is 49.1 Å². The molecule has 0 bridgehead atoms. The molecule has 2 aromatic rings. The smallest absolute Gasteiger partial charge is 0.0314 e. The highest BCUT2D eigenvalue weighted by atomic mass is 15.1. The maximum Gasteiger partial charge on any atom is 0.0314 e. The quantitative estimate of drug-likeness (QED) is 0.803. The lowest BCUT2D eigenvalue weighted by Gasteiger charge is -2.26. The number of rotatable bonds is 6. The minimum absolute atomic E-state index is 0.508. The van der Waals surface area contributed by atoms with Gasteiger partial charge in [0.25, 0.3) is 0 Å². The molecule has 0 fully saturated rings. The average Bonchev–Trinajstić information content (AvgIpc) is 2.49. The van der Waals surface area contributed by atoms with Crippen LogP contribution in [0.25, 0.3) is 0 Å². The summed E-state index contributed by atoms with van der Waals surface area (Å²) >= 11 is 0. The van der Waals surface area contributed by atoms with Crippen LogP contribution in [0.2, 0.25) is 0 Å². The third-order valence-electron chi connectivity index (χ3n) is 3.91. The van der Waals surface area contributed by atoms with E-state index in [2.05, 4.69) is 62.1 Å². The summed E-state index contributed by atoms with van der Waals surface area (Å²) in [5.74, 6) is 0. The van der Waals surface area contributed by atoms with Crippen LogP contribution < -0.4 is 5.73 Å². The predicted molar refractivity (Wildman–Crippen MR) is 91.1 cm³/mol. The van der Waals surface area contributed by atoms with Crippen LogP contribution >= 0.6 is 0 Å². The number of hydrogen-bond donors (Lipinski definition) is 1. The van der Waals surface area contributed by atoms with Gasteiger partial charge in [0.1, 0.15) is 0 Å². The van der Waals surface area contributed by atoms with Crippen LogP contribution in [0.15, 0.2) is 48.5 Å². The molecule has 0 saturated heterocycles. The topological polar surface area (TPSA) is 29.3 Å². The zero-order valence-electron chi connectivity index (χ0n) is 13.3. The molecule has 0 spiro atoms. The first-order chi connectivity index (χ1) is 10.1. The molecule has 0 aliphatic rings. The molecule has 2 rings (SSSR count). The van der Waals surface area contributed by atoms with E-state index in [0.29, 0.717) is 6.04 Å². The maximum absolute atomic E-state index is 5.75. The molecule has 0 amide bonds. The lowest BCUT2D eigenvalue weighted by atomic mass is 10.1. The van der Waals surface area contributed by atoms with Gasteiger partial charge in [-0.2, -0.15) is 0 Å². The zero-order valence-corrected chi connectivity index (χ0v) is 13.3. The van der Waals surface area contributed by atoms with Gasteiger partial charge >= 0.3 is 0 Å². The summed E-state index contributed by atoms with van der Waals surface area (Å²) in [6, 6.07) is 17.7. The summed E-state index contributed by atoms with van der Waals surface area (Å²) in [5.41, 5.74) is 10.7. The Hall–Kier alpha value is -1.80. The molecule has 0 atom stereocenters. The highest BCUT2D eigenvalue weighted by molar-refractivity contribution is 5.39. The third kappa shape index (κ3) is 4.61. The summed E-state index contributed by atoms with van der Waals surface area (Å²) in [4.78, 5) is 2.48. The molecular formula is C19H26N2. The first kappa shape index (κ1) is 15.6. The molecular weight excluding hydrogens is 256 g/mol. The third-order valence-corrected chi connectivity index (χ3v) is 3.91. The second kappa shape index (κ2) is 7.28. The normalized spacial score (nSPS) is 11.3. The van der Waals surface area contributed by atoms with E-state index in [1.165, 1.54) is 16.7 Å². The number of nitrogen functional groups attached to an aromatic ring is 1. The molecule has 2 N–H and O–H groups in total. The van der Waals surface area contributed by atoms with Crippen molar-refractivity contribution in [2.45, 2.75) is 46.3 Å². The van der Waals surface area contributed by atoms with Gasteiger partial charge in [-0.25, -0.2) is 0 Å². The molecule has 2 aromatic carbocycles. The Labute approximate surface area is 128 Å².